The van der Waals surface area contributed by atoms with E-state index in [-0.39, 0.29) is 41.2 Å². The van der Waals surface area contributed by atoms with Crippen LogP contribution >= 0.6 is 0 Å². The lowest BCUT2D eigenvalue weighted by atomic mass is 10.1. The number of nitrogens with one attached hydrogen (secondary N) is 1. The van der Waals surface area contributed by atoms with Gasteiger partial charge in [0, 0.05) is 18.3 Å². The fourth-order valence-electron chi connectivity index (χ4n) is 3.70. The van der Waals surface area contributed by atoms with Gasteiger partial charge in [0.25, 0.3) is 0 Å². The Kier molecular flexibility index (Phi) is 5.10. The van der Waals surface area contributed by atoms with E-state index in [0.717, 1.165) is 16.8 Å². The summed E-state index contributed by atoms with van der Waals surface area (Å²) in [5.74, 6) is -0.692. The van der Waals surface area contributed by atoms with Crippen LogP contribution in [-0.4, -0.2) is 49.2 Å². The second-order valence-electron chi connectivity index (χ2n) is 7.37. The lowest BCUT2D eigenvalue weighted by molar-refractivity contribution is -0.135. The molecule has 2 aliphatic rings. The summed E-state index contributed by atoms with van der Waals surface area (Å²) in [4.78, 5) is 26.9. The van der Waals surface area contributed by atoms with Gasteiger partial charge in [-0.3, -0.25) is 9.59 Å². The summed E-state index contributed by atoms with van der Waals surface area (Å²) in [5.41, 5.74) is 2.91. The molecular weight excluding hydrogens is 352 g/mol. The molecule has 1 aromatic carbocycles. The topological polar surface area (TPSA) is 83.6 Å². The molecular formula is C19H26N2O4S. The zero-order valence-electron chi connectivity index (χ0n) is 15.5. The first-order valence-electron chi connectivity index (χ1n) is 9.11. The average molecular weight is 378 g/mol. The molecule has 1 aliphatic heterocycles. The molecule has 0 spiro atoms. The number of sulfone groups is 1. The predicted octanol–water partition coefficient (Wildman–Crippen LogP) is 1.91. The van der Waals surface area contributed by atoms with Gasteiger partial charge in [0.1, 0.15) is 0 Å². The molecule has 7 heteroatoms. The number of anilines is 1. The van der Waals surface area contributed by atoms with E-state index in [9.17, 15) is 18.0 Å². The number of carbonyl (C=O) groups excluding carboxylic acids is 2. The van der Waals surface area contributed by atoms with Crippen molar-refractivity contribution < 1.29 is 18.0 Å². The third-order valence-corrected chi connectivity index (χ3v) is 7.33. The Balaban J connectivity index is 1.62. The highest BCUT2D eigenvalue weighted by molar-refractivity contribution is 7.91. The van der Waals surface area contributed by atoms with Gasteiger partial charge in [-0.25, -0.2) is 8.42 Å². The summed E-state index contributed by atoms with van der Waals surface area (Å²) in [6.45, 7) is 6.28. The molecule has 1 aromatic rings. The minimum absolute atomic E-state index is 0.0403. The van der Waals surface area contributed by atoms with Crippen molar-refractivity contribution in [2.45, 2.75) is 39.7 Å². The highest BCUT2D eigenvalue weighted by atomic mass is 32.2. The molecule has 2 amide bonds. The van der Waals surface area contributed by atoms with E-state index in [1.165, 1.54) is 0 Å². The maximum atomic E-state index is 12.8. The van der Waals surface area contributed by atoms with Crippen LogP contribution in [0.2, 0.25) is 0 Å². The largest absolute Gasteiger partial charge is 0.339 e. The molecule has 142 valence electrons. The Morgan fingerprint density at radius 3 is 2.58 bits per heavy atom. The molecule has 2 fully saturated rings. The number of benzene rings is 1. The van der Waals surface area contributed by atoms with Crippen molar-refractivity contribution in [3.05, 3.63) is 29.3 Å². The van der Waals surface area contributed by atoms with Crippen molar-refractivity contribution in [2.75, 3.05) is 23.4 Å². The summed E-state index contributed by atoms with van der Waals surface area (Å²) in [6, 6.07) is 5.50. The van der Waals surface area contributed by atoms with Crippen molar-refractivity contribution in [3.8, 4) is 0 Å². The number of amides is 2. The van der Waals surface area contributed by atoms with Crippen molar-refractivity contribution in [1.29, 1.82) is 0 Å². The van der Waals surface area contributed by atoms with E-state index in [1.807, 2.05) is 39.0 Å². The Hall–Kier alpha value is -1.89. The average Bonchev–Trinajstić information content (AvgIpc) is 3.31. The van der Waals surface area contributed by atoms with Crippen LogP contribution < -0.4 is 5.32 Å². The van der Waals surface area contributed by atoms with Gasteiger partial charge in [0.15, 0.2) is 9.84 Å². The van der Waals surface area contributed by atoms with Crippen molar-refractivity contribution in [1.82, 2.24) is 4.90 Å². The molecule has 1 saturated heterocycles. The summed E-state index contributed by atoms with van der Waals surface area (Å²) in [7, 11) is -3.04. The Bertz CT molecular complexity index is 834. The summed E-state index contributed by atoms with van der Waals surface area (Å²) < 4.78 is 23.4. The van der Waals surface area contributed by atoms with E-state index >= 15 is 0 Å². The van der Waals surface area contributed by atoms with Crippen LogP contribution in [0.3, 0.4) is 0 Å². The van der Waals surface area contributed by atoms with Gasteiger partial charge < -0.3 is 10.2 Å². The van der Waals surface area contributed by atoms with E-state index in [0.29, 0.717) is 19.4 Å². The molecule has 0 aromatic heterocycles. The van der Waals surface area contributed by atoms with Crippen LogP contribution in [0.25, 0.3) is 0 Å². The van der Waals surface area contributed by atoms with Crippen LogP contribution in [0.4, 0.5) is 5.69 Å². The summed E-state index contributed by atoms with van der Waals surface area (Å²) in [6.07, 6.45) is 1.03. The molecule has 3 unspecified atom stereocenters. The predicted molar refractivity (Wildman–Crippen MR) is 101 cm³/mol. The maximum Gasteiger partial charge on any atom is 0.228 e. The van der Waals surface area contributed by atoms with Gasteiger partial charge in [0.05, 0.1) is 23.3 Å². The quantitative estimate of drug-likeness (QED) is 0.848. The van der Waals surface area contributed by atoms with E-state index < -0.39 is 9.84 Å². The molecule has 3 atom stereocenters. The van der Waals surface area contributed by atoms with Gasteiger partial charge in [-0.1, -0.05) is 12.1 Å². The Morgan fingerprint density at radius 2 is 1.96 bits per heavy atom. The van der Waals surface area contributed by atoms with Gasteiger partial charge in [0.2, 0.25) is 11.8 Å². The minimum atomic E-state index is -3.04. The van der Waals surface area contributed by atoms with E-state index in [4.69, 9.17) is 0 Å². The van der Waals surface area contributed by atoms with Crippen molar-refractivity contribution >= 4 is 27.3 Å². The first kappa shape index (κ1) is 18.9. The normalized spacial score (nSPS) is 26.3. The van der Waals surface area contributed by atoms with E-state index in [2.05, 4.69) is 5.32 Å². The van der Waals surface area contributed by atoms with Crippen LogP contribution in [0.15, 0.2) is 18.2 Å². The van der Waals surface area contributed by atoms with Crippen LogP contribution in [0.5, 0.6) is 0 Å². The van der Waals surface area contributed by atoms with Crippen molar-refractivity contribution in [2.24, 2.45) is 11.8 Å². The van der Waals surface area contributed by atoms with E-state index in [1.54, 1.807) is 4.90 Å². The maximum absolute atomic E-state index is 12.8. The molecule has 6 nitrogen and oxygen atoms in total. The van der Waals surface area contributed by atoms with Gasteiger partial charge in [-0.05, 0) is 50.8 Å². The van der Waals surface area contributed by atoms with Crippen LogP contribution in [0, 0.1) is 25.7 Å². The van der Waals surface area contributed by atoms with Crippen molar-refractivity contribution in [3.63, 3.8) is 0 Å². The Morgan fingerprint density at radius 1 is 1.23 bits per heavy atom. The summed E-state index contributed by atoms with van der Waals surface area (Å²) >= 11 is 0. The number of rotatable bonds is 5. The smallest absolute Gasteiger partial charge is 0.228 e. The molecule has 0 bridgehead atoms. The molecule has 1 aliphatic carbocycles. The fraction of sp³-hybridized carbons (Fsp3) is 0.579. The third kappa shape index (κ3) is 3.77. The summed E-state index contributed by atoms with van der Waals surface area (Å²) in [5, 5.41) is 2.93. The number of hydrogen-bond acceptors (Lipinski definition) is 4. The molecule has 3 rings (SSSR count). The standard InChI is InChI=1S/C19H26N2O4S/c1-4-21(14-8-9-26(24,25)11-14)19(23)16-10-15(16)18(22)20-17-7-5-6-12(2)13(17)3/h5-7,14-16H,4,8-11H2,1-3H3,(H,20,22). The van der Waals surface area contributed by atoms with Gasteiger partial charge in [-0.15, -0.1) is 0 Å². The first-order valence-corrected chi connectivity index (χ1v) is 10.9. The number of aryl methyl sites for hydroxylation is 1. The number of hydrogen-bond donors (Lipinski definition) is 1. The highest BCUT2D eigenvalue weighted by Gasteiger charge is 2.50. The highest BCUT2D eigenvalue weighted by Crippen LogP contribution is 2.41. The monoisotopic (exact) mass is 378 g/mol. The zero-order valence-corrected chi connectivity index (χ0v) is 16.3. The number of nitrogens with zero attached hydrogens (tertiary/aromatic N) is 1. The molecule has 1 N–H and O–H groups in total. The van der Waals surface area contributed by atoms with Gasteiger partial charge in [-0.2, -0.15) is 0 Å². The second-order valence-corrected chi connectivity index (χ2v) is 9.60. The van der Waals surface area contributed by atoms with Crippen LogP contribution in [-0.2, 0) is 19.4 Å². The fourth-order valence-corrected chi connectivity index (χ4v) is 5.43. The lowest BCUT2D eigenvalue weighted by Gasteiger charge is -2.27. The molecule has 1 saturated carbocycles. The number of carbonyl (C=O) groups is 2. The minimum Gasteiger partial charge on any atom is -0.339 e. The Labute approximate surface area is 154 Å². The lowest BCUT2D eigenvalue weighted by Crippen LogP contribution is -2.42. The van der Waals surface area contributed by atoms with Gasteiger partial charge >= 0.3 is 0 Å². The third-order valence-electron chi connectivity index (χ3n) is 5.58. The molecule has 1 heterocycles. The molecule has 0 radical (unpaired) electrons. The first-order chi connectivity index (χ1) is 12.2. The second kappa shape index (κ2) is 7.02. The zero-order chi connectivity index (χ0) is 19.1. The molecule has 26 heavy (non-hydrogen) atoms. The van der Waals surface area contributed by atoms with Crippen LogP contribution in [0.1, 0.15) is 30.9 Å². The SMILES string of the molecule is CCN(C(=O)C1CC1C(=O)Nc1cccc(C)c1C)C1CCS(=O)(=O)C1.